The molecular formula is C14H14BrNO3S. The van der Waals surface area contributed by atoms with Crippen LogP contribution in [0, 0.1) is 0 Å². The van der Waals surface area contributed by atoms with Crippen molar-refractivity contribution in [3.8, 4) is 5.75 Å². The summed E-state index contributed by atoms with van der Waals surface area (Å²) in [7, 11) is -1.86. The maximum Gasteiger partial charge on any atom is 0.182 e. The van der Waals surface area contributed by atoms with E-state index in [-0.39, 0.29) is 10.6 Å². The molecule has 0 aliphatic rings. The van der Waals surface area contributed by atoms with Gasteiger partial charge in [-0.1, -0.05) is 22.0 Å². The van der Waals surface area contributed by atoms with Crippen molar-refractivity contribution in [3.05, 3.63) is 52.5 Å². The lowest BCUT2D eigenvalue weighted by atomic mass is 10.2. The molecule has 2 rings (SSSR count). The van der Waals surface area contributed by atoms with E-state index in [0.717, 1.165) is 0 Å². The predicted octanol–water partition coefficient (Wildman–Crippen LogP) is 3.01. The number of nitrogens with two attached hydrogens (primary N) is 1. The molecule has 0 aliphatic carbocycles. The van der Waals surface area contributed by atoms with Gasteiger partial charge in [-0.2, -0.15) is 0 Å². The summed E-state index contributed by atoms with van der Waals surface area (Å²) in [6, 6.07) is 11.4. The van der Waals surface area contributed by atoms with Gasteiger partial charge in [-0.25, -0.2) is 8.42 Å². The SMILES string of the molecule is COc1ccc(S(=O)(=O)Cc2ccc(N)cc2Br)cc1. The number of benzene rings is 2. The van der Waals surface area contributed by atoms with Crippen molar-refractivity contribution in [2.24, 2.45) is 0 Å². The number of sulfone groups is 1. The molecule has 0 radical (unpaired) electrons. The van der Waals surface area contributed by atoms with Gasteiger partial charge in [-0.05, 0) is 42.0 Å². The van der Waals surface area contributed by atoms with Crippen LogP contribution >= 0.6 is 15.9 Å². The van der Waals surface area contributed by atoms with E-state index in [9.17, 15) is 8.42 Å². The third kappa shape index (κ3) is 3.32. The van der Waals surface area contributed by atoms with E-state index in [1.165, 1.54) is 7.11 Å². The fraction of sp³-hybridized carbons (Fsp3) is 0.143. The molecule has 0 amide bonds. The van der Waals surface area contributed by atoms with E-state index >= 15 is 0 Å². The first-order valence-corrected chi connectivity index (χ1v) is 8.27. The number of ether oxygens (including phenoxy) is 1. The van der Waals surface area contributed by atoms with Crippen molar-refractivity contribution in [3.63, 3.8) is 0 Å². The Bertz CT molecular complexity index is 712. The van der Waals surface area contributed by atoms with Gasteiger partial charge in [0.05, 0.1) is 17.8 Å². The average Bonchev–Trinajstić information content (AvgIpc) is 2.42. The van der Waals surface area contributed by atoms with Gasteiger partial charge < -0.3 is 10.5 Å². The van der Waals surface area contributed by atoms with Crippen molar-refractivity contribution in [2.75, 3.05) is 12.8 Å². The van der Waals surface area contributed by atoms with Crippen LogP contribution in [0.1, 0.15) is 5.56 Å². The van der Waals surface area contributed by atoms with Gasteiger partial charge in [0, 0.05) is 10.2 Å². The van der Waals surface area contributed by atoms with E-state index < -0.39 is 9.84 Å². The standard InChI is InChI=1S/C14H14BrNO3S/c1-19-12-4-6-13(7-5-12)20(17,18)9-10-2-3-11(16)8-14(10)15/h2-8H,9,16H2,1H3. The Kier molecular flexibility index (Phi) is 4.35. The summed E-state index contributed by atoms with van der Waals surface area (Å²) in [5.41, 5.74) is 6.90. The number of halogens is 1. The maximum absolute atomic E-state index is 12.3. The summed E-state index contributed by atoms with van der Waals surface area (Å²) in [5.74, 6) is 0.540. The molecular weight excluding hydrogens is 342 g/mol. The molecule has 0 fully saturated rings. The van der Waals surface area contributed by atoms with Crippen LogP contribution in [0.15, 0.2) is 51.8 Å². The van der Waals surface area contributed by atoms with Gasteiger partial charge >= 0.3 is 0 Å². The molecule has 0 spiro atoms. The van der Waals surface area contributed by atoms with Crippen LogP contribution in [0.5, 0.6) is 5.75 Å². The van der Waals surface area contributed by atoms with E-state index in [2.05, 4.69) is 15.9 Å². The largest absolute Gasteiger partial charge is 0.497 e. The summed E-state index contributed by atoms with van der Waals surface area (Å²) in [6.07, 6.45) is 0. The number of hydrogen-bond acceptors (Lipinski definition) is 4. The highest BCUT2D eigenvalue weighted by molar-refractivity contribution is 9.10. The first-order valence-electron chi connectivity index (χ1n) is 5.83. The van der Waals surface area contributed by atoms with Gasteiger partial charge in [0.2, 0.25) is 0 Å². The van der Waals surface area contributed by atoms with E-state index in [1.54, 1.807) is 42.5 Å². The average molecular weight is 356 g/mol. The molecule has 4 nitrogen and oxygen atoms in total. The van der Waals surface area contributed by atoms with E-state index in [4.69, 9.17) is 10.5 Å². The van der Waals surface area contributed by atoms with Crippen molar-refractivity contribution >= 4 is 31.5 Å². The summed E-state index contributed by atoms with van der Waals surface area (Å²) in [6.45, 7) is 0. The van der Waals surface area contributed by atoms with Gasteiger partial charge in [0.1, 0.15) is 5.75 Å². The second kappa shape index (κ2) is 5.85. The molecule has 0 aromatic heterocycles. The highest BCUT2D eigenvalue weighted by atomic mass is 79.9. The van der Waals surface area contributed by atoms with Crippen LogP contribution in [0.4, 0.5) is 5.69 Å². The van der Waals surface area contributed by atoms with Crippen LogP contribution in [-0.4, -0.2) is 15.5 Å². The smallest absolute Gasteiger partial charge is 0.182 e. The van der Waals surface area contributed by atoms with Crippen LogP contribution in [0.3, 0.4) is 0 Å². The fourth-order valence-electron chi connectivity index (χ4n) is 1.75. The fourth-order valence-corrected chi connectivity index (χ4v) is 3.85. The zero-order valence-corrected chi connectivity index (χ0v) is 13.2. The lowest BCUT2D eigenvalue weighted by Gasteiger charge is -2.08. The number of methoxy groups -OCH3 is 1. The Morgan fingerprint density at radius 2 is 1.80 bits per heavy atom. The van der Waals surface area contributed by atoms with E-state index in [1.807, 2.05) is 0 Å². The maximum atomic E-state index is 12.3. The molecule has 2 N–H and O–H groups in total. The second-order valence-corrected chi connectivity index (χ2v) is 7.13. The van der Waals surface area contributed by atoms with Crippen molar-refractivity contribution < 1.29 is 13.2 Å². The molecule has 0 saturated heterocycles. The molecule has 106 valence electrons. The quantitative estimate of drug-likeness (QED) is 0.855. The molecule has 0 atom stereocenters. The van der Waals surface area contributed by atoms with Crippen molar-refractivity contribution in [2.45, 2.75) is 10.6 Å². The molecule has 0 saturated carbocycles. The lowest BCUT2D eigenvalue weighted by molar-refractivity contribution is 0.414. The first-order chi connectivity index (χ1) is 9.42. The van der Waals surface area contributed by atoms with Crippen LogP contribution < -0.4 is 10.5 Å². The topological polar surface area (TPSA) is 69.4 Å². The number of rotatable bonds is 4. The Labute approximate surface area is 126 Å². The highest BCUT2D eigenvalue weighted by Gasteiger charge is 2.17. The van der Waals surface area contributed by atoms with E-state index in [0.29, 0.717) is 21.5 Å². The zero-order valence-electron chi connectivity index (χ0n) is 10.8. The molecule has 0 unspecified atom stereocenters. The van der Waals surface area contributed by atoms with Crippen molar-refractivity contribution in [1.82, 2.24) is 0 Å². The Hall–Kier alpha value is -1.53. The van der Waals surface area contributed by atoms with Gasteiger partial charge in [0.15, 0.2) is 9.84 Å². The Morgan fingerprint density at radius 1 is 1.15 bits per heavy atom. The van der Waals surface area contributed by atoms with Gasteiger partial charge in [-0.3, -0.25) is 0 Å². The monoisotopic (exact) mass is 355 g/mol. The third-order valence-electron chi connectivity index (χ3n) is 2.84. The summed E-state index contributed by atoms with van der Waals surface area (Å²) >= 11 is 3.33. The lowest BCUT2D eigenvalue weighted by Crippen LogP contribution is -2.05. The van der Waals surface area contributed by atoms with Crippen molar-refractivity contribution in [1.29, 1.82) is 0 Å². The highest BCUT2D eigenvalue weighted by Crippen LogP contribution is 2.25. The van der Waals surface area contributed by atoms with Gasteiger partial charge in [-0.15, -0.1) is 0 Å². The number of hydrogen-bond donors (Lipinski definition) is 1. The molecule has 2 aromatic carbocycles. The molecule has 2 aromatic rings. The normalized spacial score (nSPS) is 11.3. The zero-order chi connectivity index (χ0) is 14.8. The third-order valence-corrected chi connectivity index (χ3v) is 5.26. The van der Waals surface area contributed by atoms with Crippen LogP contribution in [-0.2, 0) is 15.6 Å². The predicted molar refractivity (Wildman–Crippen MR) is 82.4 cm³/mol. The minimum absolute atomic E-state index is 0.0831. The summed E-state index contributed by atoms with van der Waals surface area (Å²) in [5, 5.41) is 0. The Balaban J connectivity index is 2.30. The number of nitrogen functional groups attached to an aromatic ring is 1. The van der Waals surface area contributed by atoms with Gasteiger partial charge in [0.25, 0.3) is 0 Å². The summed E-state index contributed by atoms with van der Waals surface area (Å²) in [4.78, 5) is 0.266. The first kappa shape index (κ1) is 14.9. The Morgan fingerprint density at radius 3 is 2.35 bits per heavy atom. The minimum atomic E-state index is -3.40. The molecule has 0 bridgehead atoms. The van der Waals surface area contributed by atoms with Crippen LogP contribution in [0.2, 0.25) is 0 Å². The second-order valence-electron chi connectivity index (χ2n) is 4.29. The molecule has 20 heavy (non-hydrogen) atoms. The minimum Gasteiger partial charge on any atom is -0.497 e. The molecule has 0 aliphatic heterocycles. The molecule has 6 heteroatoms. The number of anilines is 1. The van der Waals surface area contributed by atoms with Crippen LogP contribution in [0.25, 0.3) is 0 Å². The molecule has 0 heterocycles. The summed E-state index contributed by atoms with van der Waals surface area (Å²) < 4.78 is 30.4.